The van der Waals surface area contributed by atoms with Crippen molar-refractivity contribution < 1.29 is 14.3 Å². The molecule has 2 atom stereocenters. The Bertz CT molecular complexity index is 594. The molecule has 1 aromatic carbocycles. The quantitative estimate of drug-likeness (QED) is 0.571. The first kappa shape index (κ1) is 16.1. The van der Waals surface area contributed by atoms with Gasteiger partial charge in [-0.3, -0.25) is 9.59 Å². The average molecular weight is 296 g/mol. The van der Waals surface area contributed by atoms with Crippen LogP contribution in [0.4, 0.5) is 0 Å². The molecule has 0 saturated heterocycles. The highest BCUT2D eigenvalue weighted by Gasteiger charge is 2.39. The zero-order valence-electron chi connectivity index (χ0n) is 12.5. The van der Waals surface area contributed by atoms with Crippen LogP contribution in [0.25, 0.3) is 0 Å². The van der Waals surface area contributed by atoms with E-state index in [0.29, 0.717) is 17.6 Å². The van der Waals surface area contributed by atoms with Crippen LogP contribution >= 0.6 is 0 Å². The molecule has 0 aromatic heterocycles. The second kappa shape index (κ2) is 7.12. The molecular weight excluding hydrogens is 279 g/mol. The molecule has 0 heterocycles. The van der Waals surface area contributed by atoms with Crippen molar-refractivity contribution in [3.05, 3.63) is 29.8 Å². The van der Waals surface area contributed by atoms with Gasteiger partial charge in [0.2, 0.25) is 0 Å². The Kier molecular flexibility index (Phi) is 5.21. The van der Waals surface area contributed by atoms with E-state index in [1.807, 2.05) is 0 Å². The monoisotopic (exact) mass is 296 g/mol. The fourth-order valence-electron chi connectivity index (χ4n) is 2.28. The summed E-state index contributed by atoms with van der Waals surface area (Å²) in [4.78, 5) is 25.7. The fraction of sp³-hybridized carbons (Fsp3) is 0.438. The number of esters is 1. The fourth-order valence-corrected chi connectivity index (χ4v) is 2.28. The molecule has 1 amide bonds. The number of rotatable bonds is 6. The Morgan fingerprint density at radius 3 is 2.64 bits per heavy atom. The highest BCUT2D eigenvalue weighted by Crippen LogP contribution is 2.38. The van der Waals surface area contributed by atoms with Crippen LogP contribution in [0.3, 0.4) is 0 Å². The van der Waals surface area contributed by atoms with Crippen LogP contribution in [0.2, 0.25) is 0 Å². The summed E-state index contributed by atoms with van der Waals surface area (Å²) in [5.41, 5.74) is 1.04. The van der Waals surface area contributed by atoms with Gasteiger partial charge in [0.15, 0.2) is 0 Å². The van der Waals surface area contributed by atoms with E-state index in [-0.39, 0.29) is 30.9 Å². The molecule has 1 saturated carbocycles. The van der Waals surface area contributed by atoms with E-state index in [0.717, 1.165) is 6.42 Å². The number of amides is 1. The summed E-state index contributed by atoms with van der Waals surface area (Å²) < 4.78 is 4.91. The van der Waals surface area contributed by atoms with Gasteiger partial charge in [-0.1, -0.05) is 29.7 Å². The minimum absolute atomic E-state index is 0.0242. The lowest BCUT2D eigenvalue weighted by Gasteiger charge is -2.22. The Balaban J connectivity index is 2.08. The van der Waals surface area contributed by atoms with Crippen LogP contribution in [-0.4, -0.2) is 44.3 Å². The second-order valence-corrected chi connectivity index (χ2v) is 5.34. The first-order valence-corrected chi connectivity index (χ1v) is 7.25. The third-order valence-electron chi connectivity index (χ3n) is 3.61. The van der Waals surface area contributed by atoms with Gasteiger partial charge < -0.3 is 9.64 Å². The summed E-state index contributed by atoms with van der Waals surface area (Å²) in [5.74, 6) is -0.585. The van der Waals surface area contributed by atoms with Gasteiger partial charge in [0.1, 0.15) is 14.4 Å². The van der Waals surface area contributed by atoms with Crippen molar-refractivity contribution in [2.24, 2.45) is 11.8 Å². The van der Waals surface area contributed by atoms with E-state index >= 15 is 0 Å². The number of hydrogen-bond donors (Lipinski definition) is 0. The Morgan fingerprint density at radius 1 is 1.41 bits per heavy atom. The highest BCUT2D eigenvalue weighted by atomic mass is 16.5. The van der Waals surface area contributed by atoms with Crippen molar-refractivity contribution in [2.45, 2.75) is 13.3 Å². The minimum Gasteiger partial charge on any atom is -0.465 e. The zero-order chi connectivity index (χ0) is 16.1. The molecule has 0 aliphatic heterocycles. The largest absolute Gasteiger partial charge is 0.465 e. The van der Waals surface area contributed by atoms with E-state index in [1.54, 1.807) is 31.2 Å². The summed E-state index contributed by atoms with van der Waals surface area (Å²) >= 11 is 0. The van der Waals surface area contributed by atoms with E-state index in [2.05, 4.69) is 6.07 Å². The minimum atomic E-state index is -0.444. The summed E-state index contributed by atoms with van der Waals surface area (Å²) in [7, 11) is 5.62. The molecule has 112 valence electrons. The topological polar surface area (TPSA) is 70.4 Å². The van der Waals surface area contributed by atoms with Gasteiger partial charge in [-0.2, -0.15) is 5.26 Å². The molecule has 2 rings (SSSR count). The predicted molar refractivity (Wildman–Crippen MR) is 81.6 cm³/mol. The van der Waals surface area contributed by atoms with Gasteiger partial charge in [0, 0.05) is 12.1 Å². The van der Waals surface area contributed by atoms with E-state index in [1.165, 1.54) is 4.90 Å². The Hall–Kier alpha value is -2.29. The van der Waals surface area contributed by atoms with Gasteiger partial charge in [0.05, 0.1) is 18.6 Å². The van der Waals surface area contributed by atoms with Crippen LogP contribution in [0.1, 0.15) is 23.7 Å². The van der Waals surface area contributed by atoms with E-state index < -0.39 is 5.97 Å². The normalized spacial score (nSPS) is 19.1. The third kappa shape index (κ3) is 4.11. The van der Waals surface area contributed by atoms with Crippen molar-refractivity contribution in [1.29, 1.82) is 5.26 Å². The number of carbonyl (C=O) groups excluding carboxylic acids is 2. The molecule has 6 heteroatoms. The third-order valence-corrected chi connectivity index (χ3v) is 3.61. The molecule has 0 spiro atoms. The van der Waals surface area contributed by atoms with Crippen molar-refractivity contribution >= 4 is 25.2 Å². The molecule has 0 N–H and O–H groups in total. The standard InChI is InChI=1S/C16H17BN2O3/c1-2-22-15(20)10-19(9-13-7-12(13)8-18)16(21)11-3-5-14(17)6-4-11/h3-6,12-13H,2,7,9-10H2,1H3. The highest BCUT2D eigenvalue weighted by molar-refractivity contribution is 6.32. The summed E-state index contributed by atoms with van der Waals surface area (Å²) in [6.45, 7) is 2.27. The van der Waals surface area contributed by atoms with Crippen molar-refractivity contribution in [3.8, 4) is 6.07 Å². The maximum absolute atomic E-state index is 12.5. The van der Waals surface area contributed by atoms with Gasteiger partial charge in [-0.25, -0.2) is 0 Å². The second-order valence-electron chi connectivity index (χ2n) is 5.34. The molecule has 1 fully saturated rings. The number of nitriles is 1. The van der Waals surface area contributed by atoms with Gasteiger partial charge >= 0.3 is 5.97 Å². The lowest BCUT2D eigenvalue weighted by Crippen LogP contribution is -2.38. The summed E-state index contributed by atoms with van der Waals surface area (Å²) in [5, 5.41) is 8.88. The maximum atomic E-state index is 12.5. The maximum Gasteiger partial charge on any atom is 0.325 e. The van der Waals surface area contributed by atoms with Crippen LogP contribution < -0.4 is 5.46 Å². The van der Waals surface area contributed by atoms with Gasteiger partial charge in [-0.15, -0.1) is 0 Å². The Labute approximate surface area is 131 Å². The molecule has 2 radical (unpaired) electrons. The predicted octanol–water partition coefficient (Wildman–Crippen LogP) is 0.645. The first-order chi connectivity index (χ1) is 10.5. The number of ether oxygens (including phenoxy) is 1. The average Bonchev–Trinajstić information content (AvgIpc) is 3.25. The molecule has 1 aliphatic carbocycles. The van der Waals surface area contributed by atoms with Crippen LogP contribution in [0.5, 0.6) is 0 Å². The van der Waals surface area contributed by atoms with Crippen molar-refractivity contribution in [3.63, 3.8) is 0 Å². The van der Waals surface area contributed by atoms with Crippen LogP contribution in [0, 0.1) is 23.2 Å². The molecule has 5 nitrogen and oxygen atoms in total. The first-order valence-electron chi connectivity index (χ1n) is 7.25. The lowest BCUT2D eigenvalue weighted by molar-refractivity contribution is -0.143. The lowest BCUT2D eigenvalue weighted by atomic mass is 9.95. The molecule has 1 aliphatic rings. The van der Waals surface area contributed by atoms with Gasteiger partial charge in [-0.05, 0) is 19.3 Å². The smallest absolute Gasteiger partial charge is 0.325 e. The van der Waals surface area contributed by atoms with Crippen LogP contribution in [-0.2, 0) is 9.53 Å². The van der Waals surface area contributed by atoms with Crippen molar-refractivity contribution in [2.75, 3.05) is 19.7 Å². The number of benzene rings is 1. The van der Waals surface area contributed by atoms with Crippen LogP contribution in [0.15, 0.2) is 24.3 Å². The number of carbonyl (C=O) groups is 2. The van der Waals surface area contributed by atoms with E-state index in [4.69, 9.17) is 17.8 Å². The number of hydrogen-bond acceptors (Lipinski definition) is 4. The molecule has 2 unspecified atom stereocenters. The molecule has 1 aromatic rings. The molecule has 22 heavy (non-hydrogen) atoms. The van der Waals surface area contributed by atoms with Crippen molar-refractivity contribution in [1.82, 2.24) is 4.90 Å². The van der Waals surface area contributed by atoms with Gasteiger partial charge in [0.25, 0.3) is 5.91 Å². The zero-order valence-corrected chi connectivity index (χ0v) is 12.5. The molecular formula is C16H17BN2O3. The summed E-state index contributed by atoms with van der Waals surface area (Å²) in [6.07, 6.45) is 0.769. The number of nitrogens with zero attached hydrogens (tertiary/aromatic N) is 2. The summed E-state index contributed by atoms with van der Waals surface area (Å²) in [6, 6.07) is 8.73. The molecule has 0 bridgehead atoms. The van der Waals surface area contributed by atoms with E-state index in [9.17, 15) is 9.59 Å². The SMILES string of the molecule is [B]c1ccc(C(=O)N(CC(=O)OCC)CC2CC2C#N)cc1. The Morgan fingerprint density at radius 2 is 2.09 bits per heavy atom.